The average Bonchev–Trinajstić information content (AvgIpc) is 3.01. The third kappa shape index (κ3) is 5.41. The monoisotopic (exact) mass is 365 g/mol. The van der Waals surface area contributed by atoms with Crippen LogP contribution >= 0.6 is 0 Å². The number of aliphatic carboxylic acids is 1. The number of carboxylic acid groups (broad SMARTS) is 1. The number of rotatable bonds is 9. The molecule has 0 spiro atoms. The normalized spacial score (nSPS) is 19.3. The van der Waals surface area contributed by atoms with Crippen molar-refractivity contribution in [3.05, 3.63) is 34.4 Å². The number of carboxylic acids is 1. The molecule has 1 aliphatic heterocycles. The number of benzene rings is 1. The number of anilines is 1. The Labute approximate surface area is 151 Å². The van der Waals surface area contributed by atoms with Gasteiger partial charge in [0.25, 0.3) is 5.69 Å². The fourth-order valence-corrected chi connectivity index (χ4v) is 3.06. The van der Waals surface area contributed by atoms with Gasteiger partial charge in [-0.05, 0) is 25.0 Å². The van der Waals surface area contributed by atoms with Gasteiger partial charge in [0, 0.05) is 50.5 Å². The number of amides is 1. The minimum absolute atomic E-state index is 0.0249. The van der Waals surface area contributed by atoms with Crippen molar-refractivity contribution in [3.63, 3.8) is 0 Å². The number of likely N-dealkylation sites (tertiary alicyclic amines) is 1. The van der Waals surface area contributed by atoms with E-state index in [9.17, 15) is 19.7 Å². The van der Waals surface area contributed by atoms with Crippen LogP contribution in [0.2, 0.25) is 0 Å². The van der Waals surface area contributed by atoms with Gasteiger partial charge in [-0.1, -0.05) is 0 Å². The zero-order chi connectivity index (χ0) is 19.1. The van der Waals surface area contributed by atoms with Gasteiger partial charge in [-0.25, -0.2) is 0 Å². The first-order valence-corrected chi connectivity index (χ1v) is 8.43. The Hall–Kier alpha value is -2.68. The highest BCUT2D eigenvalue weighted by Crippen LogP contribution is 2.24. The molecule has 0 aliphatic carbocycles. The highest BCUT2D eigenvalue weighted by molar-refractivity contribution is 5.78. The van der Waals surface area contributed by atoms with Crippen molar-refractivity contribution in [1.82, 2.24) is 4.90 Å². The lowest BCUT2D eigenvalue weighted by Gasteiger charge is -2.23. The van der Waals surface area contributed by atoms with E-state index in [1.165, 1.54) is 12.1 Å². The van der Waals surface area contributed by atoms with E-state index in [-0.39, 0.29) is 30.2 Å². The van der Waals surface area contributed by atoms with Crippen LogP contribution in [-0.2, 0) is 14.3 Å². The Bertz CT molecular complexity index is 648. The number of methoxy groups -OCH3 is 1. The molecule has 0 bridgehead atoms. The summed E-state index contributed by atoms with van der Waals surface area (Å²) in [4.78, 5) is 35.1. The Morgan fingerprint density at radius 3 is 2.65 bits per heavy atom. The van der Waals surface area contributed by atoms with Crippen LogP contribution in [0.3, 0.4) is 0 Å². The second-order valence-electron chi connectivity index (χ2n) is 6.23. The third-order valence-electron chi connectivity index (χ3n) is 4.41. The smallest absolute Gasteiger partial charge is 0.305 e. The molecule has 9 nitrogen and oxygen atoms in total. The molecule has 1 amide bonds. The summed E-state index contributed by atoms with van der Waals surface area (Å²) in [5, 5.41) is 22.7. The molecule has 142 valence electrons. The van der Waals surface area contributed by atoms with E-state index in [1.54, 1.807) is 24.1 Å². The van der Waals surface area contributed by atoms with Crippen LogP contribution in [0.4, 0.5) is 11.4 Å². The number of hydrogen-bond donors (Lipinski definition) is 2. The van der Waals surface area contributed by atoms with Crippen molar-refractivity contribution in [2.75, 3.05) is 25.5 Å². The SMILES string of the molecule is COC1CC(CC(=O)O)N(C(=O)CCCNc2ccc([N+](=O)[O-])cc2)C1. The molecule has 26 heavy (non-hydrogen) atoms. The molecule has 1 fully saturated rings. The minimum atomic E-state index is -0.926. The summed E-state index contributed by atoms with van der Waals surface area (Å²) in [5.74, 6) is -1.01. The molecule has 0 radical (unpaired) electrons. The fourth-order valence-electron chi connectivity index (χ4n) is 3.06. The third-order valence-corrected chi connectivity index (χ3v) is 4.41. The van der Waals surface area contributed by atoms with E-state index in [1.807, 2.05) is 0 Å². The molecule has 1 aromatic carbocycles. The van der Waals surface area contributed by atoms with Crippen molar-refractivity contribution in [2.24, 2.45) is 0 Å². The number of carbonyl (C=O) groups is 2. The molecule has 0 aromatic heterocycles. The van der Waals surface area contributed by atoms with Crippen LogP contribution in [0.25, 0.3) is 0 Å². The van der Waals surface area contributed by atoms with E-state index in [2.05, 4.69) is 5.32 Å². The van der Waals surface area contributed by atoms with Crippen molar-refractivity contribution >= 4 is 23.3 Å². The Kier molecular flexibility index (Phi) is 6.90. The van der Waals surface area contributed by atoms with Crippen LogP contribution in [-0.4, -0.2) is 59.2 Å². The van der Waals surface area contributed by atoms with Crippen LogP contribution < -0.4 is 5.32 Å². The molecule has 2 unspecified atom stereocenters. The predicted molar refractivity (Wildman–Crippen MR) is 94.0 cm³/mol. The molecular formula is C17H23N3O6. The summed E-state index contributed by atoms with van der Waals surface area (Å²) < 4.78 is 5.27. The molecular weight excluding hydrogens is 342 g/mol. The summed E-state index contributed by atoms with van der Waals surface area (Å²) in [6.45, 7) is 0.956. The number of non-ortho nitro benzene ring substituents is 1. The molecule has 1 heterocycles. The summed E-state index contributed by atoms with van der Waals surface area (Å²) in [6, 6.07) is 5.74. The second kappa shape index (κ2) is 9.14. The average molecular weight is 365 g/mol. The summed E-state index contributed by atoms with van der Waals surface area (Å²) in [6.07, 6.45) is 1.21. The van der Waals surface area contributed by atoms with Gasteiger partial charge >= 0.3 is 5.97 Å². The Morgan fingerprint density at radius 2 is 2.08 bits per heavy atom. The Balaban J connectivity index is 1.78. The first-order chi connectivity index (χ1) is 12.4. The van der Waals surface area contributed by atoms with Gasteiger partial charge in [-0.2, -0.15) is 0 Å². The van der Waals surface area contributed by atoms with Crippen LogP contribution in [0, 0.1) is 10.1 Å². The number of hydrogen-bond acceptors (Lipinski definition) is 6. The summed E-state index contributed by atoms with van der Waals surface area (Å²) in [7, 11) is 1.56. The highest BCUT2D eigenvalue weighted by Gasteiger charge is 2.36. The molecule has 9 heteroatoms. The predicted octanol–water partition coefficient (Wildman–Crippen LogP) is 1.88. The lowest BCUT2D eigenvalue weighted by Crippen LogP contribution is -2.37. The first-order valence-electron chi connectivity index (χ1n) is 8.43. The van der Waals surface area contributed by atoms with Gasteiger partial charge < -0.3 is 20.1 Å². The summed E-state index contributed by atoms with van der Waals surface area (Å²) >= 11 is 0. The van der Waals surface area contributed by atoms with E-state index >= 15 is 0 Å². The number of ether oxygens (including phenoxy) is 1. The number of nitro groups is 1. The minimum Gasteiger partial charge on any atom is -0.481 e. The number of nitrogens with zero attached hydrogens (tertiary/aromatic N) is 2. The number of nitro benzene ring substituents is 1. The molecule has 1 aliphatic rings. The topological polar surface area (TPSA) is 122 Å². The van der Waals surface area contributed by atoms with Crippen LogP contribution in [0.5, 0.6) is 0 Å². The Morgan fingerprint density at radius 1 is 1.38 bits per heavy atom. The molecule has 2 rings (SSSR count). The standard InChI is InChI=1S/C17H23N3O6/c1-26-15-9-14(10-17(22)23)19(11-15)16(21)3-2-8-18-12-4-6-13(7-5-12)20(24)25/h4-7,14-15,18H,2-3,8-11H2,1H3,(H,22,23). The van der Waals surface area contributed by atoms with Gasteiger partial charge in [0.2, 0.25) is 5.91 Å². The van der Waals surface area contributed by atoms with Crippen molar-refractivity contribution in [2.45, 2.75) is 37.8 Å². The molecule has 2 atom stereocenters. The van der Waals surface area contributed by atoms with Gasteiger partial charge in [0.05, 0.1) is 17.4 Å². The van der Waals surface area contributed by atoms with Gasteiger partial charge in [0.15, 0.2) is 0 Å². The molecule has 0 saturated carbocycles. The van der Waals surface area contributed by atoms with E-state index in [4.69, 9.17) is 9.84 Å². The maximum absolute atomic E-state index is 12.4. The van der Waals surface area contributed by atoms with Gasteiger partial charge in [-0.15, -0.1) is 0 Å². The molecule has 1 saturated heterocycles. The fraction of sp³-hybridized carbons (Fsp3) is 0.529. The summed E-state index contributed by atoms with van der Waals surface area (Å²) in [5.41, 5.74) is 0.768. The van der Waals surface area contributed by atoms with Crippen LogP contribution in [0.15, 0.2) is 24.3 Å². The van der Waals surface area contributed by atoms with Crippen molar-refractivity contribution in [3.8, 4) is 0 Å². The molecule has 1 aromatic rings. The van der Waals surface area contributed by atoms with E-state index in [0.29, 0.717) is 32.4 Å². The highest BCUT2D eigenvalue weighted by atomic mass is 16.6. The van der Waals surface area contributed by atoms with Crippen molar-refractivity contribution in [1.29, 1.82) is 0 Å². The van der Waals surface area contributed by atoms with Crippen molar-refractivity contribution < 1.29 is 24.4 Å². The number of carbonyl (C=O) groups excluding carboxylic acids is 1. The first kappa shape index (κ1) is 19.6. The second-order valence-corrected chi connectivity index (χ2v) is 6.23. The van der Waals surface area contributed by atoms with Crippen LogP contribution in [0.1, 0.15) is 25.7 Å². The quantitative estimate of drug-likeness (QED) is 0.389. The van der Waals surface area contributed by atoms with E-state index in [0.717, 1.165) is 5.69 Å². The maximum atomic E-state index is 12.4. The number of nitrogens with one attached hydrogen (secondary N) is 1. The maximum Gasteiger partial charge on any atom is 0.305 e. The van der Waals surface area contributed by atoms with Gasteiger partial charge in [0.1, 0.15) is 0 Å². The lowest BCUT2D eigenvalue weighted by atomic mass is 10.1. The molecule has 2 N–H and O–H groups in total. The zero-order valence-corrected chi connectivity index (χ0v) is 14.6. The largest absolute Gasteiger partial charge is 0.481 e. The van der Waals surface area contributed by atoms with E-state index < -0.39 is 10.9 Å². The lowest BCUT2D eigenvalue weighted by molar-refractivity contribution is -0.384. The zero-order valence-electron chi connectivity index (χ0n) is 14.6. The van der Waals surface area contributed by atoms with Gasteiger partial charge in [-0.3, -0.25) is 19.7 Å².